The highest BCUT2D eigenvalue weighted by atomic mass is 35.5. The van der Waals surface area contributed by atoms with E-state index in [1.807, 2.05) is 31.5 Å². The van der Waals surface area contributed by atoms with Gasteiger partial charge in [-0.05, 0) is 50.6 Å². The molecule has 0 saturated carbocycles. The molecule has 2 amide bonds. The van der Waals surface area contributed by atoms with Gasteiger partial charge in [-0.3, -0.25) is 4.68 Å². The number of halogens is 3. The zero-order valence-electron chi connectivity index (χ0n) is 15.6. The molecule has 0 aliphatic carbocycles. The monoisotopic (exact) mass is 404 g/mol. The van der Waals surface area contributed by atoms with Crippen LogP contribution < -0.4 is 10.6 Å². The van der Waals surface area contributed by atoms with Crippen molar-refractivity contribution in [2.75, 3.05) is 10.6 Å². The van der Waals surface area contributed by atoms with Crippen LogP contribution in [0.5, 0.6) is 0 Å². The van der Waals surface area contributed by atoms with Crippen molar-refractivity contribution in [2.24, 2.45) is 0 Å². The predicted molar refractivity (Wildman–Crippen MR) is 107 cm³/mol. The van der Waals surface area contributed by atoms with E-state index in [1.54, 1.807) is 18.3 Å². The minimum absolute atomic E-state index is 0.107. The van der Waals surface area contributed by atoms with Gasteiger partial charge in [-0.15, -0.1) is 0 Å². The highest BCUT2D eigenvalue weighted by Crippen LogP contribution is 2.34. The van der Waals surface area contributed by atoms with Crippen molar-refractivity contribution in [1.29, 1.82) is 0 Å². The second kappa shape index (κ2) is 7.98. The summed E-state index contributed by atoms with van der Waals surface area (Å²) >= 11 is 6.34. The van der Waals surface area contributed by atoms with Crippen LogP contribution in [0.15, 0.2) is 42.6 Å². The van der Waals surface area contributed by atoms with Crippen molar-refractivity contribution in [1.82, 2.24) is 9.78 Å². The fourth-order valence-corrected chi connectivity index (χ4v) is 3.04. The molecule has 1 heterocycles. The van der Waals surface area contributed by atoms with Gasteiger partial charge in [-0.1, -0.05) is 17.7 Å². The number of carbonyl (C=O) groups excluding carboxylic acids is 1. The van der Waals surface area contributed by atoms with Crippen molar-refractivity contribution >= 4 is 29.0 Å². The van der Waals surface area contributed by atoms with Crippen LogP contribution in [0.3, 0.4) is 0 Å². The summed E-state index contributed by atoms with van der Waals surface area (Å²) in [6.45, 7) is 5.94. The fourth-order valence-electron chi connectivity index (χ4n) is 2.81. The van der Waals surface area contributed by atoms with E-state index >= 15 is 0 Å². The number of nitrogens with one attached hydrogen (secondary N) is 2. The van der Waals surface area contributed by atoms with Gasteiger partial charge in [0, 0.05) is 29.0 Å². The van der Waals surface area contributed by atoms with Crippen molar-refractivity contribution in [3.8, 4) is 11.3 Å². The Kier molecular flexibility index (Phi) is 5.65. The van der Waals surface area contributed by atoms with Crippen LogP contribution in [0.2, 0.25) is 5.02 Å². The molecule has 2 aromatic carbocycles. The van der Waals surface area contributed by atoms with E-state index in [-0.39, 0.29) is 11.7 Å². The lowest BCUT2D eigenvalue weighted by molar-refractivity contribution is 0.262. The molecule has 0 radical (unpaired) electrons. The standard InChI is InChI=1S/C20H19ClF2N4O/c1-11(2)27-19(16(21)10-24-27)15-8-13(5-4-12(15)3)25-20(28)26-14-6-7-17(22)18(23)9-14/h4-11H,1-3H3,(H2,25,26,28). The maximum absolute atomic E-state index is 13.3. The number of hydrogen-bond acceptors (Lipinski definition) is 2. The minimum atomic E-state index is -1.04. The zero-order valence-corrected chi connectivity index (χ0v) is 16.3. The Hall–Kier alpha value is -2.93. The van der Waals surface area contributed by atoms with Crippen molar-refractivity contribution in [3.63, 3.8) is 0 Å². The Morgan fingerprint density at radius 1 is 1.07 bits per heavy atom. The first-order valence-corrected chi connectivity index (χ1v) is 9.01. The van der Waals surface area contributed by atoms with Crippen molar-refractivity contribution < 1.29 is 13.6 Å². The van der Waals surface area contributed by atoms with Gasteiger partial charge >= 0.3 is 6.03 Å². The molecular weight excluding hydrogens is 386 g/mol. The van der Waals surface area contributed by atoms with Crippen molar-refractivity contribution in [3.05, 3.63) is 64.8 Å². The number of benzene rings is 2. The number of rotatable bonds is 4. The van der Waals surface area contributed by atoms with E-state index in [2.05, 4.69) is 15.7 Å². The van der Waals surface area contributed by atoms with Crippen LogP contribution in [-0.2, 0) is 0 Å². The first kappa shape index (κ1) is 19.8. The number of aryl methyl sites for hydroxylation is 1. The van der Waals surface area contributed by atoms with Gasteiger partial charge in [0.2, 0.25) is 0 Å². The molecule has 3 aromatic rings. The summed E-state index contributed by atoms with van der Waals surface area (Å²) in [6, 6.07) is 8.06. The molecule has 0 aliphatic rings. The Labute approximate surface area is 166 Å². The number of hydrogen-bond donors (Lipinski definition) is 2. The summed E-state index contributed by atoms with van der Waals surface area (Å²) < 4.78 is 28.1. The number of urea groups is 1. The highest BCUT2D eigenvalue weighted by Gasteiger charge is 2.17. The number of aromatic nitrogens is 2. The molecule has 1 aromatic heterocycles. The summed E-state index contributed by atoms with van der Waals surface area (Å²) in [7, 11) is 0. The summed E-state index contributed by atoms with van der Waals surface area (Å²) in [6.07, 6.45) is 1.59. The van der Waals surface area contributed by atoms with E-state index in [0.29, 0.717) is 10.7 Å². The van der Waals surface area contributed by atoms with Gasteiger partial charge in [0.15, 0.2) is 11.6 Å². The lowest BCUT2D eigenvalue weighted by atomic mass is 10.0. The van der Waals surface area contributed by atoms with Gasteiger partial charge in [-0.2, -0.15) is 5.10 Å². The predicted octanol–water partition coefficient (Wildman–Crippen LogP) is 6.02. The molecule has 3 rings (SSSR count). The smallest absolute Gasteiger partial charge is 0.308 e. The van der Waals surface area contributed by atoms with Gasteiger partial charge in [0.1, 0.15) is 0 Å². The molecular formula is C20H19ClF2N4O. The molecule has 0 fully saturated rings. The van der Waals surface area contributed by atoms with Crippen molar-refractivity contribution in [2.45, 2.75) is 26.8 Å². The maximum atomic E-state index is 13.3. The molecule has 2 N–H and O–H groups in total. The quantitative estimate of drug-likeness (QED) is 0.559. The third kappa shape index (κ3) is 4.14. The van der Waals surface area contributed by atoms with Crippen LogP contribution in [0.1, 0.15) is 25.5 Å². The summed E-state index contributed by atoms with van der Waals surface area (Å²) in [5.41, 5.74) is 3.23. The first-order valence-electron chi connectivity index (χ1n) is 8.63. The fraction of sp³-hybridized carbons (Fsp3) is 0.200. The lowest BCUT2D eigenvalue weighted by Crippen LogP contribution is -2.19. The number of nitrogens with zero attached hydrogens (tertiary/aromatic N) is 2. The average Bonchev–Trinajstić information content (AvgIpc) is 3.01. The molecule has 8 heteroatoms. The summed E-state index contributed by atoms with van der Waals surface area (Å²) in [5, 5.41) is 9.98. The molecule has 0 atom stereocenters. The lowest BCUT2D eigenvalue weighted by Gasteiger charge is -2.15. The van der Waals surface area contributed by atoms with E-state index in [4.69, 9.17) is 11.6 Å². The topological polar surface area (TPSA) is 59.0 Å². The molecule has 0 aliphatic heterocycles. The van der Waals surface area contributed by atoms with Gasteiger partial charge in [0.25, 0.3) is 0 Å². The largest absolute Gasteiger partial charge is 0.323 e. The SMILES string of the molecule is Cc1ccc(NC(=O)Nc2ccc(F)c(F)c2)cc1-c1c(Cl)cnn1C(C)C. The Morgan fingerprint density at radius 2 is 1.71 bits per heavy atom. The van der Waals surface area contributed by atoms with Gasteiger partial charge in [-0.25, -0.2) is 13.6 Å². The summed E-state index contributed by atoms with van der Waals surface area (Å²) in [4.78, 5) is 12.2. The second-order valence-electron chi connectivity index (χ2n) is 6.62. The minimum Gasteiger partial charge on any atom is -0.308 e. The first-order chi connectivity index (χ1) is 13.3. The van der Waals surface area contributed by atoms with Crippen LogP contribution in [0, 0.1) is 18.6 Å². The third-order valence-corrected chi connectivity index (χ3v) is 4.44. The number of carbonyl (C=O) groups is 1. The normalized spacial score (nSPS) is 11.0. The van der Waals surface area contributed by atoms with Gasteiger partial charge in [0.05, 0.1) is 16.9 Å². The van der Waals surface area contributed by atoms with E-state index in [9.17, 15) is 13.6 Å². The molecule has 5 nitrogen and oxygen atoms in total. The van der Waals surface area contributed by atoms with E-state index < -0.39 is 17.7 Å². The Balaban J connectivity index is 1.84. The Bertz CT molecular complexity index is 1030. The zero-order chi connectivity index (χ0) is 20.4. The van der Waals surface area contributed by atoms with E-state index in [1.165, 1.54) is 6.07 Å². The van der Waals surface area contributed by atoms with Crippen LogP contribution in [-0.4, -0.2) is 15.8 Å². The van der Waals surface area contributed by atoms with Gasteiger partial charge < -0.3 is 10.6 Å². The molecule has 0 unspecified atom stereocenters. The molecule has 0 bridgehead atoms. The second-order valence-corrected chi connectivity index (χ2v) is 7.02. The number of amides is 2. The maximum Gasteiger partial charge on any atom is 0.323 e. The van der Waals surface area contributed by atoms with Crippen LogP contribution in [0.25, 0.3) is 11.3 Å². The van der Waals surface area contributed by atoms with Crippen LogP contribution in [0.4, 0.5) is 25.0 Å². The highest BCUT2D eigenvalue weighted by molar-refractivity contribution is 6.33. The average molecular weight is 405 g/mol. The third-order valence-electron chi connectivity index (χ3n) is 4.17. The molecule has 146 valence electrons. The molecule has 28 heavy (non-hydrogen) atoms. The summed E-state index contributed by atoms with van der Waals surface area (Å²) in [5.74, 6) is -2.01. The Morgan fingerprint density at radius 3 is 2.36 bits per heavy atom. The van der Waals surface area contributed by atoms with E-state index in [0.717, 1.165) is 29.0 Å². The molecule has 0 spiro atoms. The van der Waals surface area contributed by atoms with Crippen LogP contribution >= 0.6 is 11.6 Å². The molecule has 0 saturated heterocycles. The number of anilines is 2.